The summed E-state index contributed by atoms with van der Waals surface area (Å²) in [6.45, 7) is 0. The van der Waals surface area contributed by atoms with Crippen LogP contribution >= 0.6 is 0 Å². The minimum absolute atomic E-state index is 0.390. The average Bonchev–Trinajstić information content (AvgIpc) is 3.01. The van der Waals surface area contributed by atoms with E-state index < -0.39 is 23.8 Å². The van der Waals surface area contributed by atoms with Gasteiger partial charge in [-0.15, -0.1) is 0 Å². The number of carbonyl (C=O) groups is 2. The molecule has 5 rings (SSSR count). The molecule has 8 heteroatoms. The maximum absolute atomic E-state index is 13.1. The second-order valence-corrected chi connectivity index (χ2v) is 9.40. The Morgan fingerprint density at radius 3 is 1.15 bits per heavy atom. The first-order chi connectivity index (χ1) is 19.6. The lowest BCUT2D eigenvalue weighted by Gasteiger charge is -2.28. The molecule has 0 bridgehead atoms. The van der Waals surface area contributed by atoms with Crippen molar-refractivity contribution in [3.8, 4) is 11.5 Å². The zero-order valence-electron chi connectivity index (χ0n) is 21.8. The van der Waals surface area contributed by atoms with Gasteiger partial charge in [0.1, 0.15) is 11.5 Å². The molecule has 1 aliphatic rings. The van der Waals surface area contributed by atoms with Gasteiger partial charge in [0.05, 0.1) is 34.6 Å². The maximum Gasteiger partial charge on any atom is 0.315 e. The maximum atomic E-state index is 13.1. The second kappa shape index (κ2) is 13.2. The lowest BCUT2D eigenvalue weighted by Crippen LogP contribution is -2.37. The van der Waals surface area contributed by atoms with Crippen molar-refractivity contribution >= 4 is 34.7 Å². The van der Waals surface area contributed by atoms with Crippen LogP contribution in [-0.2, 0) is 9.59 Å². The number of benzene rings is 4. The van der Waals surface area contributed by atoms with Crippen molar-refractivity contribution in [2.45, 2.75) is 25.7 Å². The number of nitrogens with zero attached hydrogens (tertiary/aromatic N) is 4. The molecule has 0 amide bonds. The minimum atomic E-state index is -0.572. The Morgan fingerprint density at radius 2 is 0.800 bits per heavy atom. The smallest absolute Gasteiger partial charge is 0.315 e. The first kappa shape index (κ1) is 26.6. The lowest BCUT2D eigenvalue weighted by atomic mass is 9.79. The molecule has 1 aliphatic carbocycles. The number of ether oxygens (including phenoxy) is 2. The fourth-order valence-electron chi connectivity index (χ4n) is 4.46. The Hall–Kier alpha value is -4.98. The van der Waals surface area contributed by atoms with Gasteiger partial charge in [0, 0.05) is 0 Å². The molecule has 0 saturated heterocycles. The molecule has 0 N–H and O–H groups in total. The summed E-state index contributed by atoms with van der Waals surface area (Å²) in [5.74, 6) is -1.23. The largest absolute Gasteiger partial charge is 0.426 e. The van der Waals surface area contributed by atoms with Crippen LogP contribution in [0.25, 0.3) is 0 Å². The van der Waals surface area contributed by atoms with Gasteiger partial charge >= 0.3 is 11.9 Å². The average molecular weight is 533 g/mol. The van der Waals surface area contributed by atoms with E-state index in [1.165, 1.54) is 0 Å². The molecule has 2 atom stereocenters. The highest BCUT2D eigenvalue weighted by atomic mass is 16.5. The summed E-state index contributed by atoms with van der Waals surface area (Å²) in [4.78, 5) is 26.1. The molecule has 2 unspecified atom stereocenters. The molecule has 0 aromatic heterocycles. The summed E-state index contributed by atoms with van der Waals surface area (Å²) in [6.07, 6.45) is 2.84. The van der Waals surface area contributed by atoms with Crippen LogP contribution in [0.4, 0.5) is 22.7 Å². The van der Waals surface area contributed by atoms with E-state index in [0.717, 1.165) is 24.2 Å². The van der Waals surface area contributed by atoms with E-state index in [4.69, 9.17) is 9.47 Å². The van der Waals surface area contributed by atoms with Crippen LogP contribution in [0.15, 0.2) is 130 Å². The third-order valence-corrected chi connectivity index (χ3v) is 6.56. The van der Waals surface area contributed by atoms with Gasteiger partial charge in [-0.05, 0) is 85.6 Å². The Labute approximate surface area is 232 Å². The van der Waals surface area contributed by atoms with Gasteiger partial charge in [-0.2, -0.15) is 20.5 Å². The Kier molecular flexibility index (Phi) is 8.78. The molecule has 4 aromatic carbocycles. The minimum Gasteiger partial charge on any atom is -0.426 e. The topological polar surface area (TPSA) is 102 Å². The standard InChI is InChI=1S/C32H28N4O4/c37-31(39-27-19-15-25(16-20-27)35-33-23-9-3-1-4-10-23)29-13-7-8-14-30(29)32(38)40-28-21-17-26(18-22-28)36-34-24-11-5-2-6-12-24/h1-6,9-12,15-22,29-30H,7-8,13-14H2. The second-order valence-electron chi connectivity index (χ2n) is 9.40. The van der Waals surface area contributed by atoms with Crippen molar-refractivity contribution in [1.82, 2.24) is 0 Å². The van der Waals surface area contributed by atoms with Crippen LogP contribution < -0.4 is 9.47 Å². The van der Waals surface area contributed by atoms with Crippen molar-refractivity contribution < 1.29 is 19.1 Å². The Bertz CT molecular complexity index is 1360. The summed E-state index contributed by atoms with van der Waals surface area (Å²) in [7, 11) is 0. The van der Waals surface area contributed by atoms with Crippen molar-refractivity contribution in [3.63, 3.8) is 0 Å². The van der Waals surface area contributed by atoms with E-state index in [1.807, 2.05) is 60.7 Å². The van der Waals surface area contributed by atoms with Gasteiger partial charge in [0.25, 0.3) is 0 Å². The molecular formula is C32H28N4O4. The van der Waals surface area contributed by atoms with Crippen LogP contribution in [0.3, 0.4) is 0 Å². The number of carbonyl (C=O) groups excluding carboxylic acids is 2. The van der Waals surface area contributed by atoms with E-state index >= 15 is 0 Å². The van der Waals surface area contributed by atoms with E-state index in [0.29, 0.717) is 35.7 Å². The van der Waals surface area contributed by atoms with Crippen LogP contribution in [-0.4, -0.2) is 11.9 Å². The SMILES string of the molecule is O=C(Oc1ccc(N=Nc2ccccc2)cc1)C1CCCCC1C(=O)Oc1ccc(N=Nc2ccccc2)cc1. The van der Waals surface area contributed by atoms with Crippen LogP contribution in [0.5, 0.6) is 11.5 Å². The van der Waals surface area contributed by atoms with Crippen LogP contribution in [0.2, 0.25) is 0 Å². The lowest BCUT2D eigenvalue weighted by molar-refractivity contribution is -0.152. The quantitative estimate of drug-likeness (QED) is 0.128. The van der Waals surface area contributed by atoms with E-state index in [1.54, 1.807) is 48.5 Å². The van der Waals surface area contributed by atoms with Crippen molar-refractivity contribution in [3.05, 3.63) is 109 Å². The zero-order chi connectivity index (χ0) is 27.6. The summed E-state index contributed by atoms with van der Waals surface area (Å²) in [6, 6.07) is 32.4. The van der Waals surface area contributed by atoms with Gasteiger partial charge in [-0.25, -0.2) is 0 Å². The number of rotatable bonds is 8. The van der Waals surface area contributed by atoms with Gasteiger partial charge in [0.15, 0.2) is 0 Å². The molecule has 8 nitrogen and oxygen atoms in total. The molecule has 0 aliphatic heterocycles. The predicted molar refractivity (Wildman–Crippen MR) is 151 cm³/mol. The normalized spacial score (nSPS) is 17.1. The third-order valence-electron chi connectivity index (χ3n) is 6.56. The summed E-state index contributed by atoms with van der Waals surface area (Å²) < 4.78 is 11.3. The van der Waals surface area contributed by atoms with Gasteiger partial charge < -0.3 is 9.47 Å². The Morgan fingerprint density at radius 1 is 0.475 bits per heavy atom. The summed E-state index contributed by atoms with van der Waals surface area (Å²) in [5, 5.41) is 16.8. The zero-order valence-corrected chi connectivity index (χ0v) is 21.8. The van der Waals surface area contributed by atoms with E-state index in [9.17, 15) is 9.59 Å². The number of hydrogen-bond donors (Lipinski definition) is 0. The fraction of sp³-hybridized carbons (Fsp3) is 0.188. The van der Waals surface area contributed by atoms with Gasteiger partial charge in [-0.1, -0.05) is 49.2 Å². The van der Waals surface area contributed by atoms with Gasteiger partial charge in [-0.3, -0.25) is 9.59 Å². The molecule has 0 heterocycles. The molecule has 1 fully saturated rings. The molecule has 0 radical (unpaired) electrons. The highest BCUT2D eigenvalue weighted by molar-refractivity contribution is 5.84. The third kappa shape index (κ3) is 7.32. The monoisotopic (exact) mass is 532 g/mol. The molecule has 40 heavy (non-hydrogen) atoms. The highest BCUT2D eigenvalue weighted by Crippen LogP contribution is 2.33. The summed E-state index contributed by atoms with van der Waals surface area (Å²) in [5.41, 5.74) is 2.76. The molecule has 1 saturated carbocycles. The van der Waals surface area contributed by atoms with E-state index in [2.05, 4.69) is 20.5 Å². The summed E-state index contributed by atoms with van der Waals surface area (Å²) >= 11 is 0. The molecule has 0 spiro atoms. The van der Waals surface area contributed by atoms with Crippen LogP contribution in [0, 0.1) is 11.8 Å². The predicted octanol–water partition coefficient (Wildman–Crippen LogP) is 8.83. The van der Waals surface area contributed by atoms with Crippen molar-refractivity contribution in [1.29, 1.82) is 0 Å². The van der Waals surface area contributed by atoms with Crippen molar-refractivity contribution in [2.24, 2.45) is 32.3 Å². The first-order valence-electron chi connectivity index (χ1n) is 13.2. The molecular weight excluding hydrogens is 504 g/mol. The van der Waals surface area contributed by atoms with Crippen molar-refractivity contribution in [2.75, 3.05) is 0 Å². The number of azo groups is 2. The Balaban J connectivity index is 1.17. The number of esters is 2. The first-order valence-corrected chi connectivity index (χ1v) is 13.2. The number of hydrogen-bond acceptors (Lipinski definition) is 8. The molecule has 4 aromatic rings. The van der Waals surface area contributed by atoms with Crippen LogP contribution in [0.1, 0.15) is 25.7 Å². The van der Waals surface area contributed by atoms with Gasteiger partial charge in [0.2, 0.25) is 0 Å². The fourth-order valence-corrected chi connectivity index (χ4v) is 4.46. The molecule has 200 valence electrons. The highest BCUT2D eigenvalue weighted by Gasteiger charge is 2.38. The van der Waals surface area contributed by atoms with E-state index in [-0.39, 0.29) is 0 Å².